The fourth-order valence-corrected chi connectivity index (χ4v) is 3.76. The van der Waals surface area contributed by atoms with Crippen molar-refractivity contribution in [2.45, 2.75) is 20.3 Å². The van der Waals surface area contributed by atoms with Crippen LogP contribution < -0.4 is 5.32 Å². The van der Waals surface area contributed by atoms with Crippen molar-refractivity contribution < 1.29 is 23.9 Å². The van der Waals surface area contributed by atoms with Gasteiger partial charge in [-0.15, -0.1) is 11.3 Å². The van der Waals surface area contributed by atoms with Gasteiger partial charge < -0.3 is 14.8 Å². The van der Waals surface area contributed by atoms with Crippen LogP contribution in [0, 0.1) is 0 Å². The van der Waals surface area contributed by atoms with E-state index in [1.807, 2.05) is 37.3 Å². The Morgan fingerprint density at radius 1 is 0.931 bits per heavy atom. The fourth-order valence-electron chi connectivity index (χ4n) is 2.76. The van der Waals surface area contributed by atoms with Crippen molar-refractivity contribution in [3.8, 4) is 0 Å². The molecule has 0 atom stereocenters. The van der Waals surface area contributed by atoms with E-state index in [4.69, 9.17) is 9.47 Å². The third-order valence-corrected chi connectivity index (χ3v) is 5.39. The van der Waals surface area contributed by atoms with E-state index in [1.165, 1.54) is 11.3 Å². The first-order valence-electron chi connectivity index (χ1n) is 9.27. The first kappa shape index (κ1) is 20.5. The summed E-state index contributed by atoms with van der Waals surface area (Å²) in [5.41, 5.74) is 0.677. The Kier molecular flexibility index (Phi) is 6.61. The van der Waals surface area contributed by atoms with E-state index in [0.717, 1.165) is 22.1 Å². The number of esters is 2. The molecule has 3 rings (SSSR count). The predicted octanol–water partition coefficient (Wildman–Crippen LogP) is 4.44. The number of rotatable bonds is 7. The number of benzene rings is 2. The summed E-state index contributed by atoms with van der Waals surface area (Å²) in [4.78, 5) is 37.6. The van der Waals surface area contributed by atoms with Crippen molar-refractivity contribution in [1.29, 1.82) is 0 Å². The van der Waals surface area contributed by atoms with Crippen molar-refractivity contribution in [1.82, 2.24) is 0 Å². The standard InChI is InChI=1S/C22H21NO5S/c1-3-17-12-18(22(26)27-4-2)20(29-17)23-19(24)13-28-21(25)16-10-9-14-7-5-6-8-15(14)11-16/h5-12H,3-4,13H2,1-2H3,(H,23,24). The van der Waals surface area contributed by atoms with Gasteiger partial charge in [0.1, 0.15) is 5.00 Å². The predicted molar refractivity (Wildman–Crippen MR) is 113 cm³/mol. The molecule has 2 aromatic carbocycles. The van der Waals surface area contributed by atoms with Crippen LogP contribution in [-0.2, 0) is 20.7 Å². The Labute approximate surface area is 172 Å². The van der Waals surface area contributed by atoms with E-state index >= 15 is 0 Å². The van der Waals surface area contributed by atoms with Crippen molar-refractivity contribution in [3.05, 3.63) is 64.5 Å². The third-order valence-electron chi connectivity index (χ3n) is 4.20. The highest BCUT2D eigenvalue weighted by Crippen LogP contribution is 2.29. The molecular formula is C22H21NO5S. The summed E-state index contributed by atoms with van der Waals surface area (Å²) in [5.74, 6) is -1.60. The molecule has 0 aliphatic heterocycles. The lowest BCUT2D eigenvalue weighted by molar-refractivity contribution is -0.119. The molecule has 1 aromatic heterocycles. The van der Waals surface area contributed by atoms with Gasteiger partial charge in [0.25, 0.3) is 5.91 Å². The highest BCUT2D eigenvalue weighted by Gasteiger charge is 2.19. The van der Waals surface area contributed by atoms with Gasteiger partial charge in [-0.2, -0.15) is 0 Å². The van der Waals surface area contributed by atoms with Gasteiger partial charge >= 0.3 is 11.9 Å². The summed E-state index contributed by atoms with van der Waals surface area (Å²) in [6.07, 6.45) is 0.726. The molecule has 0 spiro atoms. The molecule has 0 aliphatic rings. The number of anilines is 1. The molecular weight excluding hydrogens is 390 g/mol. The van der Waals surface area contributed by atoms with Crippen LogP contribution >= 0.6 is 11.3 Å². The second kappa shape index (κ2) is 9.34. The molecule has 1 heterocycles. The average Bonchev–Trinajstić information content (AvgIpc) is 3.14. The monoisotopic (exact) mass is 411 g/mol. The molecule has 0 bridgehead atoms. The van der Waals surface area contributed by atoms with E-state index in [9.17, 15) is 14.4 Å². The Balaban J connectivity index is 1.64. The van der Waals surface area contributed by atoms with Gasteiger partial charge in [0.15, 0.2) is 6.61 Å². The van der Waals surface area contributed by atoms with E-state index in [-0.39, 0.29) is 6.61 Å². The molecule has 0 unspecified atom stereocenters. The maximum Gasteiger partial charge on any atom is 0.341 e. The van der Waals surface area contributed by atoms with Gasteiger partial charge in [-0.25, -0.2) is 9.59 Å². The second-order valence-electron chi connectivity index (χ2n) is 6.22. The Bertz CT molecular complexity index is 1060. The SMILES string of the molecule is CCOC(=O)c1cc(CC)sc1NC(=O)COC(=O)c1ccc2ccccc2c1. The van der Waals surface area contributed by atoms with Crippen molar-refractivity contribution in [2.75, 3.05) is 18.5 Å². The maximum absolute atomic E-state index is 12.3. The first-order chi connectivity index (χ1) is 14.0. The largest absolute Gasteiger partial charge is 0.462 e. The number of aryl methyl sites for hydroxylation is 1. The Hall–Kier alpha value is -3.19. The normalized spacial score (nSPS) is 10.6. The molecule has 0 aliphatic carbocycles. The minimum atomic E-state index is -0.586. The summed E-state index contributed by atoms with van der Waals surface area (Å²) >= 11 is 1.30. The lowest BCUT2D eigenvalue weighted by atomic mass is 10.1. The van der Waals surface area contributed by atoms with E-state index in [2.05, 4.69) is 5.32 Å². The Morgan fingerprint density at radius 3 is 2.41 bits per heavy atom. The number of nitrogens with one attached hydrogen (secondary N) is 1. The highest BCUT2D eigenvalue weighted by molar-refractivity contribution is 7.16. The lowest BCUT2D eigenvalue weighted by Gasteiger charge is -2.08. The van der Waals surface area contributed by atoms with Crippen LogP contribution in [-0.4, -0.2) is 31.1 Å². The van der Waals surface area contributed by atoms with Gasteiger partial charge in [-0.3, -0.25) is 4.79 Å². The smallest absolute Gasteiger partial charge is 0.341 e. The molecule has 0 radical (unpaired) electrons. The number of thiophene rings is 1. The van der Waals surface area contributed by atoms with Gasteiger partial charge in [0.2, 0.25) is 0 Å². The van der Waals surface area contributed by atoms with Gasteiger partial charge in [-0.05, 0) is 42.3 Å². The number of hydrogen-bond donors (Lipinski definition) is 1. The summed E-state index contributed by atoms with van der Waals surface area (Å²) < 4.78 is 10.2. The van der Waals surface area contributed by atoms with Gasteiger partial charge in [0.05, 0.1) is 17.7 Å². The van der Waals surface area contributed by atoms with Crippen LogP contribution in [0.15, 0.2) is 48.5 Å². The van der Waals surface area contributed by atoms with Crippen molar-refractivity contribution >= 4 is 45.0 Å². The van der Waals surface area contributed by atoms with Crippen LogP contribution in [0.3, 0.4) is 0 Å². The molecule has 3 aromatic rings. The molecule has 7 heteroatoms. The minimum Gasteiger partial charge on any atom is -0.462 e. The van der Waals surface area contributed by atoms with E-state index in [0.29, 0.717) is 16.1 Å². The summed E-state index contributed by atoms with van der Waals surface area (Å²) in [6.45, 7) is 3.47. The molecule has 150 valence electrons. The number of hydrogen-bond acceptors (Lipinski definition) is 6. The molecule has 0 fully saturated rings. The molecule has 1 amide bonds. The average molecular weight is 411 g/mol. The topological polar surface area (TPSA) is 81.7 Å². The first-order valence-corrected chi connectivity index (χ1v) is 10.1. The minimum absolute atomic E-state index is 0.243. The summed E-state index contributed by atoms with van der Waals surface area (Å²) in [7, 11) is 0. The molecule has 1 N–H and O–H groups in total. The summed E-state index contributed by atoms with van der Waals surface area (Å²) in [6, 6.07) is 14.6. The Morgan fingerprint density at radius 2 is 1.69 bits per heavy atom. The number of amides is 1. The quantitative estimate of drug-likeness (QED) is 0.582. The summed E-state index contributed by atoms with van der Waals surface area (Å²) in [5, 5.41) is 4.96. The number of carbonyl (C=O) groups excluding carboxylic acids is 3. The van der Waals surface area contributed by atoms with Crippen LogP contribution in [0.2, 0.25) is 0 Å². The van der Waals surface area contributed by atoms with E-state index < -0.39 is 24.5 Å². The third kappa shape index (κ3) is 5.00. The van der Waals surface area contributed by atoms with Crippen molar-refractivity contribution in [2.24, 2.45) is 0 Å². The zero-order chi connectivity index (χ0) is 20.8. The molecule has 6 nitrogen and oxygen atoms in total. The molecule has 0 saturated carbocycles. The van der Waals surface area contributed by atoms with Gasteiger partial charge in [0, 0.05) is 4.88 Å². The maximum atomic E-state index is 12.3. The molecule has 29 heavy (non-hydrogen) atoms. The van der Waals surface area contributed by atoms with Crippen LogP contribution in [0.1, 0.15) is 39.4 Å². The van der Waals surface area contributed by atoms with Gasteiger partial charge in [-0.1, -0.05) is 37.3 Å². The zero-order valence-corrected chi connectivity index (χ0v) is 17.0. The number of ether oxygens (including phenoxy) is 2. The highest BCUT2D eigenvalue weighted by atomic mass is 32.1. The van der Waals surface area contributed by atoms with Crippen LogP contribution in [0.25, 0.3) is 10.8 Å². The zero-order valence-electron chi connectivity index (χ0n) is 16.2. The number of fused-ring (bicyclic) bond motifs is 1. The second-order valence-corrected chi connectivity index (χ2v) is 7.35. The number of carbonyl (C=O) groups is 3. The van der Waals surface area contributed by atoms with E-state index in [1.54, 1.807) is 25.1 Å². The lowest BCUT2D eigenvalue weighted by Crippen LogP contribution is -2.21. The van der Waals surface area contributed by atoms with Crippen LogP contribution in [0.5, 0.6) is 0 Å². The van der Waals surface area contributed by atoms with Crippen LogP contribution in [0.4, 0.5) is 5.00 Å². The fraction of sp³-hybridized carbons (Fsp3) is 0.227. The van der Waals surface area contributed by atoms with Crippen molar-refractivity contribution in [3.63, 3.8) is 0 Å². The molecule has 0 saturated heterocycles.